The molecule has 1 saturated heterocycles. The number of nitrogens with zero attached hydrogens (tertiary/aromatic N) is 1. The van der Waals surface area contributed by atoms with Crippen LogP contribution in [0.4, 0.5) is 0 Å². The molecule has 2 atom stereocenters. The first-order chi connectivity index (χ1) is 11.0. The van der Waals surface area contributed by atoms with Crippen molar-refractivity contribution in [3.8, 4) is 11.1 Å². The summed E-state index contributed by atoms with van der Waals surface area (Å²) in [6.07, 6.45) is 1.41. The summed E-state index contributed by atoms with van der Waals surface area (Å²) in [5.41, 5.74) is 7.62. The number of sulfonamides is 1. The van der Waals surface area contributed by atoms with Crippen molar-refractivity contribution in [3.63, 3.8) is 0 Å². The van der Waals surface area contributed by atoms with Gasteiger partial charge in [0.25, 0.3) is 0 Å². The second-order valence-corrected chi connectivity index (χ2v) is 7.97. The first kappa shape index (κ1) is 16.2. The lowest BCUT2D eigenvalue weighted by Gasteiger charge is -2.35. The number of piperidine rings is 1. The zero-order valence-corrected chi connectivity index (χ0v) is 14.0. The van der Waals surface area contributed by atoms with Gasteiger partial charge in [0, 0.05) is 24.2 Å². The molecule has 4 nitrogen and oxygen atoms in total. The quantitative estimate of drug-likeness (QED) is 0.941. The summed E-state index contributed by atoms with van der Waals surface area (Å²) in [6.45, 7) is 2.41. The second kappa shape index (κ2) is 6.43. The van der Waals surface area contributed by atoms with Gasteiger partial charge >= 0.3 is 0 Å². The molecule has 0 amide bonds. The highest BCUT2D eigenvalue weighted by atomic mass is 32.2. The van der Waals surface area contributed by atoms with Crippen LogP contribution in [0.25, 0.3) is 11.1 Å². The average Bonchev–Trinajstić information content (AvgIpc) is 2.55. The van der Waals surface area contributed by atoms with Gasteiger partial charge in [-0.1, -0.05) is 48.5 Å². The van der Waals surface area contributed by atoms with Crippen LogP contribution in [0, 0.1) is 0 Å². The van der Waals surface area contributed by atoms with Crippen LogP contribution in [0.2, 0.25) is 0 Å². The van der Waals surface area contributed by atoms with E-state index in [0.717, 1.165) is 11.1 Å². The molecule has 0 radical (unpaired) electrons. The molecule has 0 saturated carbocycles. The van der Waals surface area contributed by atoms with E-state index in [1.54, 1.807) is 16.4 Å². The minimum absolute atomic E-state index is 0.0763. The molecule has 3 rings (SSSR count). The summed E-state index contributed by atoms with van der Waals surface area (Å²) in [5, 5.41) is 0. The maximum atomic E-state index is 13.2. The average molecular weight is 330 g/mol. The van der Waals surface area contributed by atoms with Gasteiger partial charge in [-0.25, -0.2) is 8.42 Å². The van der Waals surface area contributed by atoms with Gasteiger partial charge in [0.05, 0.1) is 4.90 Å². The Morgan fingerprint density at radius 3 is 2.39 bits per heavy atom. The summed E-state index contributed by atoms with van der Waals surface area (Å²) in [5.74, 6) is 0. The molecule has 2 aromatic rings. The van der Waals surface area contributed by atoms with Crippen molar-refractivity contribution in [3.05, 3.63) is 54.6 Å². The van der Waals surface area contributed by atoms with E-state index in [4.69, 9.17) is 5.73 Å². The molecule has 1 aliphatic heterocycles. The number of hydrogen-bond acceptors (Lipinski definition) is 3. The van der Waals surface area contributed by atoms with Gasteiger partial charge in [-0.05, 0) is 31.4 Å². The largest absolute Gasteiger partial charge is 0.328 e. The summed E-state index contributed by atoms with van der Waals surface area (Å²) < 4.78 is 28.0. The Kier molecular flexibility index (Phi) is 4.53. The predicted octanol–water partition coefficient (Wildman–Crippen LogP) is 2.85. The number of benzene rings is 2. The Bertz CT molecular complexity index is 775. The van der Waals surface area contributed by atoms with Crippen LogP contribution in [0.1, 0.15) is 19.8 Å². The molecule has 5 heteroatoms. The van der Waals surface area contributed by atoms with Crippen molar-refractivity contribution in [2.45, 2.75) is 36.7 Å². The molecule has 0 bridgehead atoms. The van der Waals surface area contributed by atoms with Gasteiger partial charge in [-0.2, -0.15) is 4.31 Å². The second-order valence-electron chi connectivity index (χ2n) is 6.11. The van der Waals surface area contributed by atoms with E-state index in [-0.39, 0.29) is 12.1 Å². The first-order valence-electron chi connectivity index (χ1n) is 7.92. The Morgan fingerprint density at radius 2 is 1.70 bits per heavy atom. The van der Waals surface area contributed by atoms with Gasteiger partial charge in [-0.15, -0.1) is 0 Å². The number of hydrogen-bond donors (Lipinski definition) is 1. The lowest BCUT2D eigenvalue weighted by atomic mass is 10.0. The summed E-state index contributed by atoms with van der Waals surface area (Å²) in [7, 11) is -3.54. The third-order valence-corrected chi connectivity index (χ3v) is 6.49. The van der Waals surface area contributed by atoms with Crippen molar-refractivity contribution < 1.29 is 8.42 Å². The fourth-order valence-electron chi connectivity index (χ4n) is 3.22. The molecule has 1 heterocycles. The number of nitrogens with two attached hydrogens (primary N) is 1. The maximum absolute atomic E-state index is 13.2. The lowest BCUT2D eigenvalue weighted by molar-refractivity contribution is 0.247. The van der Waals surface area contributed by atoms with Crippen LogP contribution < -0.4 is 5.73 Å². The van der Waals surface area contributed by atoms with Gasteiger partial charge in [0.2, 0.25) is 10.0 Å². The monoisotopic (exact) mass is 330 g/mol. The van der Waals surface area contributed by atoms with Crippen molar-refractivity contribution in [1.29, 1.82) is 0 Å². The molecular formula is C18H22N2O2S. The Labute approximate surface area is 138 Å². The van der Waals surface area contributed by atoms with Crippen molar-refractivity contribution in [1.82, 2.24) is 4.31 Å². The van der Waals surface area contributed by atoms with Crippen LogP contribution in [0.5, 0.6) is 0 Å². The third-order valence-electron chi connectivity index (χ3n) is 4.41. The van der Waals surface area contributed by atoms with Crippen LogP contribution in [0.3, 0.4) is 0 Å². The first-order valence-corrected chi connectivity index (χ1v) is 9.36. The molecular weight excluding hydrogens is 308 g/mol. The molecule has 1 aliphatic rings. The van der Waals surface area contributed by atoms with Gasteiger partial charge in [0.1, 0.15) is 0 Å². The highest BCUT2D eigenvalue weighted by molar-refractivity contribution is 7.89. The lowest BCUT2D eigenvalue weighted by Crippen LogP contribution is -2.48. The van der Waals surface area contributed by atoms with Gasteiger partial charge < -0.3 is 5.73 Å². The van der Waals surface area contributed by atoms with E-state index >= 15 is 0 Å². The molecule has 0 aromatic heterocycles. The fourth-order valence-corrected chi connectivity index (χ4v) is 5.09. The zero-order chi connectivity index (χ0) is 16.4. The van der Waals surface area contributed by atoms with Crippen LogP contribution in [-0.2, 0) is 10.0 Å². The van der Waals surface area contributed by atoms with E-state index in [1.807, 2.05) is 49.4 Å². The molecule has 122 valence electrons. The Hall–Kier alpha value is -1.69. The minimum Gasteiger partial charge on any atom is -0.328 e. The highest BCUT2D eigenvalue weighted by Gasteiger charge is 2.34. The normalized spacial score (nSPS) is 22.9. The fraction of sp³-hybridized carbons (Fsp3) is 0.333. The van der Waals surface area contributed by atoms with Crippen LogP contribution in [0.15, 0.2) is 59.5 Å². The SMILES string of the molecule is C[C@@H]1C[C@H](N)CCN1S(=O)(=O)c1ccccc1-c1ccccc1. The van der Waals surface area contributed by atoms with E-state index < -0.39 is 10.0 Å². The smallest absolute Gasteiger partial charge is 0.243 e. The minimum atomic E-state index is -3.54. The molecule has 1 fully saturated rings. The molecule has 2 N–H and O–H groups in total. The Morgan fingerprint density at radius 1 is 1.04 bits per heavy atom. The van der Waals surface area contributed by atoms with Crippen molar-refractivity contribution >= 4 is 10.0 Å². The van der Waals surface area contributed by atoms with E-state index in [2.05, 4.69) is 0 Å². The molecule has 0 spiro atoms. The van der Waals surface area contributed by atoms with Crippen molar-refractivity contribution in [2.75, 3.05) is 6.54 Å². The number of rotatable bonds is 3. The van der Waals surface area contributed by atoms with Crippen LogP contribution >= 0.6 is 0 Å². The predicted molar refractivity (Wildman–Crippen MR) is 92.4 cm³/mol. The standard InChI is InChI=1S/C18H22N2O2S/c1-14-13-16(19)11-12-20(14)23(21,22)18-10-6-5-9-17(18)15-7-3-2-4-8-15/h2-10,14,16H,11-13,19H2,1H3/t14-,16-/m1/s1. The molecule has 23 heavy (non-hydrogen) atoms. The maximum Gasteiger partial charge on any atom is 0.243 e. The summed E-state index contributed by atoms with van der Waals surface area (Å²) in [6, 6.07) is 16.8. The van der Waals surface area contributed by atoms with E-state index in [1.165, 1.54) is 0 Å². The molecule has 0 aliphatic carbocycles. The Balaban J connectivity index is 2.05. The van der Waals surface area contributed by atoms with E-state index in [0.29, 0.717) is 24.3 Å². The molecule has 0 unspecified atom stereocenters. The molecule has 2 aromatic carbocycles. The topological polar surface area (TPSA) is 63.4 Å². The highest BCUT2D eigenvalue weighted by Crippen LogP contribution is 2.32. The summed E-state index contributed by atoms with van der Waals surface area (Å²) >= 11 is 0. The van der Waals surface area contributed by atoms with Crippen LogP contribution in [-0.4, -0.2) is 31.4 Å². The summed E-state index contributed by atoms with van der Waals surface area (Å²) in [4.78, 5) is 0.369. The van der Waals surface area contributed by atoms with Gasteiger partial charge in [0.15, 0.2) is 0 Å². The van der Waals surface area contributed by atoms with E-state index in [9.17, 15) is 8.42 Å². The third kappa shape index (κ3) is 3.17. The van der Waals surface area contributed by atoms with Gasteiger partial charge in [-0.3, -0.25) is 0 Å². The zero-order valence-electron chi connectivity index (χ0n) is 13.2. The van der Waals surface area contributed by atoms with Crippen molar-refractivity contribution in [2.24, 2.45) is 5.73 Å².